The molecule has 0 atom stereocenters. The lowest BCUT2D eigenvalue weighted by atomic mass is 9.98. The average molecular weight is 387 g/mol. The van der Waals surface area contributed by atoms with Crippen molar-refractivity contribution in [2.45, 2.75) is 13.5 Å². The molecule has 0 fully saturated rings. The zero-order valence-electron chi connectivity index (χ0n) is 15.5. The summed E-state index contributed by atoms with van der Waals surface area (Å²) in [5, 5.41) is 1.57. The molecule has 3 aromatic carbocycles. The first-order valence-electron chi connectivity index (χ1n) is 9.09. The van der Waals surface area contributed by atoms with Gasteiger partial charge in [0.2, 0.25) is 5.91 Å². The van der Waals surface area contributed by atoms with Crippen molar-refractivity contribution in [1.29, 1.82) is 0 Å². The van der Waals surface area contributed by atoms with Crippen LogP contribution in [-0.4, -0.2) is 10.9 Å². The van der Waals surface area contributed by atoms with E-state index < -0.39 is 0 Å². The van der Waals surface area contributed by atoms with Crippen molar-refractivity contribution in [1.82, 2.24) is 4.98 Å². The quantitative estimate of drug-likeness (QED) is 0.424. The van der Waals surface area contributed by atoms with Gasteiger partial charge in [-0.15, -0.1) is 0 Å². The van der Waals surface area contributed by atoms with Crippen molar-refractivity contribution in [3.8, 4) is 11.1 Å². The summed E-state index contributed by atoms with van der Waals surface area (Å²) in [6.07, 6.45) is 1.78. The van der Waals surface area contributed by atoms with Crippen molar-refractivity contribution < 1.29 is 4.79 Å². The number of amides is 1. The fourth-order valence-electron chi connectivity index (χ4n) is 3.40. The monoisotopic (exact) mass is 386 g/mol. The number of carbonyl (C=O) groups is 1. The molecule has 0 aliphatic rings. The lowest BCUT2D eigenvalue weighted by Gasteiger charge is -2.25. The molecule has 0 saturated heterocycles. The topological polar surface area (TPSA) is 33.2 Å². The van der Waals surface area contributed by atoms with Crippen LogP contribution in [0.2, 0.25) is 5.02 Å². The van der Waals surface area contributed by atoms with Gasteiger partial charge < -0.3 is 4.90 Å². The maximum atomic E-state index is 12.6. The Labute approximate surface area is 169 Å². The average Bonchev–Trinajstić information content (AvgIpc) is 2.72. The first-order valence-corrected chi connectivity index (χ1v) is 9.47. The van der Waals surface area contributed by atoms with Gasteiger partial charge in [0.15, 0.2) is 0 Å². The van der Waals surface area contributed by atoms with Crippen LogP contribution in [0.15, 0.2) is 85.1 Å². The summed E-state index contributed by atoms with van der Waals surface area (Å²) in [5.74, 6) is -0.0378. The molecule has 0 aliphatic carbocycles. The molecule has 0 spiro atoms. The summed E-state index contributed by atoms with van der Waals surface area (Å²) >= 11 is 6.29. The van der Waals surface area contributed by atoms with E-state index in [1.54, 1.807) is 18.0 Å². The van der Waals surface area contributed by atoms with E-state index in [0.29, 0.717) is 11.6 Å². The second-order valence-corrected chi connectivity index (χ2v) is 7.07. The van der Waals surface area contributed by atoms with Crippen LogP contribution in [-0.2, 0) is 11.3 Å². The van der Waals surface area contributed by atoms with E-state index in [1.165, 1.54) is 0 Å². The summed E-state index contributed by atoms with van der Waals surface area (Å²) in [6, 6.07) is 25.7. The number of nitrogens with zero attached hydrogens (tertiary/aromatic N) is 2. The molecular weight excluding hydrogens is 368 g/mol. The predicted octanol–water partition coefficient (Wildman–Crippen LogP) is 6.11. The Bertz CT molecular complexity index is 1130. The molecule has 0 saturated carbocycles. The van der Waals surface area contributed by atoms with Crippen LogP contribution in [0.25, 0.3) is 22.0 Å². The highest BCUT2D eigenvalue weighted by atomic mass is 35.5. The van der Waals surface area contributed by atoms with Crippen LogP contribution in [0, 0.1) is 0 Å². The first kappa shape index (κ1) is 18.2. The number of aromatic nitrogens is 1. The Kier molecular flexibility index (Phi) is 5.09. The van der Waals surface area contributed by atoms with Gasteiger partial charge in [-0.3, -0.25) is 9.78 Å². The van der Waals surface area contributed by atoms with Crippen LogP contribution in [0.4, 0.5) is 5.69 Å². The Morgan fingerprint density at radius 2 is 1.64 bits per heavy atom. The Morgan fingerprint density at radius 3 is 2.32 bits per heavy atom. The smallest absolute Gasteiger partial charge is 0.224 e. The second kappa shape index (κ2) is 7.83. The van der Waals surface area contributed by atoms with Gasteiger partial charge in [-0.1, -0.05) is 72.3 Å². The molecule has 1 heterocycles. The van der Waals surface area contributed by atoms with E-state index >= 15 is 0 Å². The van der Waals surface area contributed by atoms with Crippen LogP contribution >= 0.6 is 11.6 Å². The molecule has 0 N–H and O–H groups in total. The molecule has 1 amide bonds. The number of halogens is 1. The van der Waals surface area contributed by atoms with Crippen molar-refractivity contribution in [3.63, 3.8) is 0 Å². The van der Waals surface area contributed by atoms with Crippen molar-refractivity contribution in [3.05, 3.63) is 95.6 Å². The summed E-state index contributed by atoms with van der Waals surface area (Å²) < 4.78 is 0. The van der Waals surface area contributed by atoms with Crippen LogP contribution in [0.1, 0.15) is 12.5 Å². The van der Waals surface area contributed by atoms with Gasteiger partial charge in [0.05, 0.1) is 23.9 Å². The summed E-state index contributed by atoms with van der Waals surface area (Å²) in [6.45, 7) is 2.06. The highest BCUT2D eigenvalue weighted by Crippen LogP contribution is 2.38. The molecule has 4 aromatic rings. The van der Waals surface area contributed by atoms with E-state index in [9.17, 15) is 4.79 Å². The minimum absolute atomic E-state index is 0.0378. The lowest BCUT2D eigenvalue weighted by Crippen LogP contribution is -2.28. The van der Waals surface area contributed by atoms with E-state index in [2.05, 4.69) is 4.98 Å². The maximum absolute atomic E-state index is 12.6. The third-order valence-corrected chi connectivity index (χ3v) is 4.96. The summed E-state index contributed by atoms with van der Waals surface area (Å²) in [7, 11) is 0. The highest BCUT2D eigenvalue weighted by Gasteiger charge is 2.20. The molecule has 1 aromatic heterocycles. The summed E-state index contributed by atoms with van der Waals surface area (Å²) in [5.41, 5.74) is 4.65. The van der Waals surface area contributed by atoms with Gasteiger partial charge in [-0.2, -0.15) is 0 Å². The van der Waals surface area contributed by atoms with Gasteiger partial charge in [0, 0.05) is 22.9 Å². The number of carbonyl (C=O) groups excluding carboxylic acids is 1. The zero-order chi connectivity index (χ0) is 19.5. The minimum Gasteiger partial charge on any atom is -0.306 e. The Balaban J connectivity index is 1.95. The molecular formula is C24H19ClN2O. The first-order chi connectivity index (χ1) is 13.6. The SMILES string of the molecule is CC(=O)N(Cc1ccccc1)c1cnc2ccc(Cl)cc2c1-c1ccccc1. The number of fused-ring (bicyclic) bond motifs is 1. The van der Waals surface area contributed by atoms with E-state index in [0.717, 1.165) is 33.3 Å². The second-order valence-electron chi connectivity index (χ2n) is 6.64. The molecule has 0 bridgehead atoms. The Morgan fingerprint density at radius 1 is 0.964 bits per heavy atom. The van der Waals surface area contributed by atoms with Gasteiger partial charge in [-0.25, -0.2) is 0 Å². The fraction of sp³-hybridized carbons (Fsp3) is 0.0833. The van der Waals surface area contributed by atoms with Crippen LogP contribution < -0.4 is 4.90 Å². The van der Waals surface area contributed by atoms with E-state index in [1.807, 2.05) is 78.9 Å². The summed E-state index contributed by atoms with van der Waals surface area (Å²) in [4.78, 5) is 19.0. The molecule has 3 nitrogen and oxygen atoms in total. The van der Waals surface area contributed by atoms with Crippen molar-refractivity contribution in [2.75, 3.05) is 4.90 Å². The normalized spacial score (nSPS) is 10.8. The van der Waals surface area contributed by atoms with Crippen LogP contribution in [0.5, 0.6) is 0 Å². The number of hydrogen-bond donors (Lipinski definition) is 0. The molecule has 0 aliphatic heterocycles. The van der Waals surface area contributed by atoms with Crippen molar-refractivity contribution >= 4 is 34.1 Å². The number of anilines is 1. The van der Waals surface area contributed by atoms with Crippen molar-refractivity contribution in [2.24, 2.45) is 0 Å². The van der Waals surface area contributed by atoms with Gasteiger partial charge in [0.1, 0.15) is 0 Å². The maximum Gasteiger partial charge on any atom is 0.224 e. The number of benzene rings is 3. The number of pyridine rings is 1. The highest BCUT2D eigenvalue weighted by molar-refractivity contribution is 6.31. The molecule has 4 rings (SSSR count). The van der Waals surface area contributed by atoms with Crippen LogP contribution in [0.3, 0.4) is 0 Å². The lowest BCUT2D eigenvalue weighted by molar-refractivity contribution is -0.116. The number of hydrogen-bond acceptors (Lipinski definition) is 2. The fourth-order valence-corrected chi connectivity index (χ4v) is 3.57. The molecule has 4 heteroatoms. The standard InChI is InChI=1S/C24H19ClN2O/c1-17(28)27(16-18-8-4-2-5-9-18)23-15-26-22-13-12-20(25)14-21(22)24(23)19-10-6-3-7-11-19/h2-15H,16H2,1H3. The molecule has 28 heavy (non-hydrogen) atoms. The van der Waals surface area contributed by atoms with Gasteiger partial charge in [0.25, 0.3) is 0 Å². The predicted molar refractivity (Wildman–Crippen MR) is 115 cm³/mol. The van der Waals surface area contributed by atoms with E-state index in [-0.39, 0.29) is 5.91 Å². The van der Waals surface area contributed by atoms with Gasteiger partial charge >= 0.3 is 0 Å². The third kappa shape index (κ3) is 3.62. The Hall–Kier alpha value is -3.17. The largest absolute Gasteiger partial charge is 0.306 e. The zero-order valence-corrected chi connectivity index (χ0v) is 16.2. The molecule has 0 unspecified atom stereocenters. The molecule has 138 valence electrons. The molecule has 0 radical (unpaired) electrons. The minimum atomic E-state index is -0.0378. The number of rotatable bonds is 4. The third-order valence-electron chi connectivity index (χ3n) is 4.73. The van der Waals surface area contributed by atoms with Gasteiger partial charge in [-0.05, 0) is 29.3 Å². The van der Waals surface area contributed by atoms with E-state index in [4.69, 9.17) is 11.6 Å².